The summed E-state index contributed by atoms with van der Waals surface area (Å²) in [6, 6.07) is 10.1. The Morgan fingerprint density at radius 3 is 2.00 bits per heavy atom. The molecular weight excluding hydrogens is 271 g/mol. The van der Waals surface area contributed by atoms with Crippen LogP contribution < -0.4 is 5.30 Å². The van der Waals surface area contributed by atoms with Crippen molar-refractivity contribution in [1.29, 1.82) is 0 Å². The average Bonchev–Trinajstić information content (AvgIpc) is 2.48. The van der Waals surface area contributed by atoms with Crippen molar-refractivity contribution in [2.45, 2.75) is 46.5 Å². The molecule has 0 atom stereocenters. The summed E-state index contributed by atoms with van der Waals surface area (Å²) in [7, 11) is -2.73. The summed E-state index contributed by atoms with van der Waals surface area (Å²) >= 11 is 0. The van der Waals surface area contributed by atoms with Crippen LogP contribution >= 0.6 is 7.94 Å². The fraction of sp³-hybridized carbons (Fsp3) is 0.625. The van der Waals surface area contributed by atoms with E-state index in [0.29, 0.717) is 19.8 Å². The molecule has 0 heterocycles. The second-order valence-corrected chi connectivity index (χ2v) is 7.25. The molecule has 0 aliphatic heterocycles. The van der Waals surface area contributed by atoms with Gasteiger partial charge in [0.2, 0.25) is 0 Å². The van der Waals surface area contributed by atoms with Gasteiger partial charge in [0.05, 0.1) is 0 Å². The van der Waals surface area contributed by atoms with Crippen molar-refractivity contribution in [3.8, 4) is 0 Å². The fourth-order valence-electron chi connectivity index (χ4n) is 2.13. The first kappa shape index (κ1) is 17.6. The van der Waals surface area contributed by atoms with E-state index in [9.17, 15) is 0 Å². The topological polar surface area (TPSA) is 27.7 Å². The number of hydrogen-bond donors (Lipinski definition) is 0. The first-order chi connectivity index (χ1) is 9.79. The van der Waals surface area contributed by atoms with Gasteiger partial charge in [-0.2, -0.15) is 0 Å². The number of rotatable bonds is 11. The van der Waals surface area contributed by atoms with Gasteiger partial charge in [-0.05, 0) is 0 Å². The molecule has 0 aromatic heterocycles. The van der Waals surface area contributed by atoms with E-state index in [1.807, 2.05) is 44.2 Å². The van der Waals surface area contributed by atoms with Crippen LogP contribution in [0.5, 0.6) is 0 Å². The van der Waals surface area contributed by atoms with Crippen molar-refractivity contribution >= 4 is 13.2 Å². The van der Waals surface area contributed by atoms with Crippen molar-refractivity contribution in [2.75, 3.05) is 19.8 Å². The van der Waals surface area contributed by atoms with Gasteiger partial charge in [-0.15, -0.1) is 0 Å². The number of benzene rings is 1. The minimum absolute atomic E-state index is 0.607. The predicted molar refractivity (Wildman–Crippen MR) is 87.7 cm³/mol. The van der Waals surface area contributed by atoms with Crippen LogP contribution in [0, 0.1) is 0 Å². The van der Waals surface area contributed by atoms with Gasteiger partial charge < -0.3 is 0 Å². The molecule has 0 spiro atoms. The van der Waals surface area contributed by atoms with Gasteiger partial charge in [0.15, 0.2) is 0 Å². The number of hydrogen-bond acceptors (Lipinski definition) is 3. The molecule has 1 rings (SSSR count). The summed E-state index contributed by atoms with van der Waals surface area (Å²) in [5, 5.41) is 1.05. The molecule has 0 aliphatic carbocycles. The van der Waals surface area contributed by atoms with Crippen LogP contribution in [0.4, 0.5) is 0 Å². The molecule has 1 aromatic rings. The van der Waals surface area contributed by atoms with E-state index in [0.717, 1.165) is 11.7 Å². The van der Waals surface area contributed by atoms with Crippen LogP contribution in [0.15, 0.2) is 30.3 Å². The Morgan fingerprint density at radius 2 is 1.45 bits per heavy atom. The van der Waals surface area contributed by atoms with Gasteiger partial charge in [0, 0.05) is 0 Å². The Morgan fingerprint density at radius 1 is 0.800 bits per heavy atom. The average molecular weight is 300 g/mol. The van der Waals surface area contributed by atoms with Crippen molar-refractivity contribution in [2.24, 2.45) is 0 Å². The van der Waals surface area contributed by atoms with Crippen molar-refractivity contribution in [3.63, 3.8) is 0 Å². The molecule has 0 fully saturated rings. The van der Waals surface area contributed by atoms with Gasteiger partial charge in [-0.25, -0.2) is 0 Å². The predicted octanol–water partition coefficient (Wildman–Crippen LogP) is 4.48. The normalized spacial score (nSPS) is 12.6. The Kier molecular flexibility index (Phi) is 9.04. The first-order valence-corrected chi connectivity index (χ1v) is 9.49. The zero-order valence-electron chi connectivity index (χ0n) is 13.1. The van der Waals surface area contributed by atoms with Crippen molar-refractivity contribution < 1.29 is 13.6 Å². The molecule has 0 radical (unpaired) electrons. The van der Waals surface area contributed by atoms with E-state index in [-0.39, 0.29) is 0 Å². The third kappa shape index (κ3) is 5.49. The van der Waals surface area contributed by atoms with Crippen LogP contribution in [-0.2, 0) is 13.6 Å². The molecule has 20 heavy (non-hydrogen) atoms. The Hall–Kier alpha value is -0.470. The standard InChI is InChI=1S/C16H29O3P/c1-4-7-8-12-15-19-20(17-5-2,18-6-3)16-13-10-9-11-14-16/h9-11,13-14,20H,4-8,12,15H2,1-3H3. The Labute approximate surface area is 124 Å². The molecule has 0 aliphatic rings. The van der Waals surface area contributed by atoms with Gasteiger partial charge in [0.25, 0.3) is 0 Å². The molecule has 4 heteroatoms. The fourth-order valence-corrected chi connectivity index (χ4v) is 4.66. The monoisotopic (exact) mass is 300 g/mol. The van der Waals surface area contributed by atoms with Gasteiger partial charge in [0.1, 0.15) is 0 Å². The van der Waals surface area contributed by atoms with E-state index in [1.54, 1.807) is 0 Å². The second-order valence-electron chi connectivity index (χ2n) is 4.70. The third-order valence-electron chi connectivity index (χ3n) is 3.09. The van der Waals surface area contributed by atoms with E-state index in [2.05, 4.69) is 6.92 Å². The Balaban J connectivity index is 2.72. The van der Waals surface area contributed by atoms with Crippen LogP contribution in [0.3, 0.4) is 0 Å². The van der Waals surface area contributed by atoms with E-state index >= 15 is 0 Å². The van der Waals surface area contributed by atoms with Crippen LogP contribution in [0.2, 0.25) is 0 Å². The maximum atomic E-state index is 6.14. The van der Waals surface area contributed by atoms with E-state index < -0.39 is 7.94 Å². The van der Waals surface area contributed by atoms with Crippen molar-refractivity contribution in [1.82, 2.24) is 0 Å². The minimum atomic E-state index is -2.73. The third-order valence-corrected chi connectivity index (χ3v) is 6.05. The summed E-state index contributed by atoms with van der Waals surface area (Å²) in [5.74, 6) is 0. The van der Waals surface area contributed by atoms with Crippen LogP contribution in [0.1, 0.15) is 46.5 Å². The molecule has 116 valence electrons. The van der Waals surface area contributed by atoms with E-state index in [1.165, 1.54) is 19.3 Å². The summed E-state index contributed by atoms with van der Waals surface area (Å²) in [5.41, 5.74) is 0. The van der Waals surface area contributed by atoms with Crippen LogP contribution in [0.25, 0.3) is 0 Å². The molecule has 0 unspecified atom stereocenters. The molecule has 0 bridgehead atoms. The zero-order valence-corrected chi connectivity index (χ0v) is 14.1. The quantitative estimate of drug-likeness (QED) is 0.445. The van der Waals surface area contributed by atoms with Gasteiger partial charge in [-0.3, -0.25) is 0 Å². The van der Waals surface area contributed by atoms with Gasteiger partial charge in [-0.1, -0.05) is 0 Å². The van der Waals surface area contributed by atoms with Crippen LogP contribution in [-0.4, -0.2) is 19.8 Å². The Bertz CT molecular complexity index is 337. The SMILES string of the molecule is CCCCCCO[PH](OCC)(OCC)c1ccccc1. The molecule has 0 amide bonds. The maximum absolute atomic E-state index is 6.14. The molecule has 0 saturated heterocycles. The summed E-state index contributed by atoms with van der Waals surface area (Å²) in [4.78, 5) is 0. The molecule has 0 saturated carbocycles. The van der Waals surface area contributed by atoms with E-state index in [4.69, 9.17) is 13.6 Å². The number of unbranched alkanes of at least 4 members (excludes halogenated alkanes) is 3. The second kappa shape index (κ2) is 10.3. The van der Waals surface area contributed by atoms with Crippen molar-refractivity contribution in [3.05, 3.63) is 30.3 Å². The summed E-state index contributed by atoms with van der Waals surface area (Å²) in [6.07, 6.45) is 4.76. The zero-order chi connectivity index (χ0) is 14.7. The molecule has 1 aromatic carbocycles. The molecule has 3 nitrogen and oxygen atoms in total. The molecular formula is C16H29O3P. The molecule has 0 N–H and O–H groups in total. The summed E-state index contributed by atoms with van der Waals surface area (Å²) < 4.78 is 18.1. The summed E-state index contributed by atoms with van der Waals surface area (Å²) in [6.45, 7) is 8.12. The first-order valence-electron chi connectivity index (χ1n) is 7.76. The van der Waals surface area contributed by atoms with Gasteiger partial charge >= 0.3 is 123 Å².